The summed E-state index contributed by atoms with van der Waals surface area (Å²) in [5.74, 6) is -1.29. The molecule has 47 heavy (non-hydrogen) atoms. The van der Waals surface area contributed by atoms with Crippen molar-refractivity contribution in [3.05, 3.63) is 11.6 Å². The first-order valence-electron chi connectivity index (χ1n) is 17.5. The number of ether oxygens (including phenoxy) is 3. The highest BCUT2D eigenvalue weighted by atomic mass is 16.7. The molecule has 0 aromatic carbocycles. The quantitative estimate of drug-likeness (QED) is 0.144. The number of aliphatic hydroxyl groups excluding tert-OH is 5. The van der Waals surface area contributed by atoms with E-state index < -0.39 is 64.4 Å². The highest BCUT2D eigenvalue weighted by molar-refractivity contribution is 5.80. The summed E-state index contributed by atoms with van der Waals surface area (Å²) < 4.78 is 17.0. The van der Waals surface area contributed by atoms with Crippen molar-refractivity contribution in [3.8, 4) is 0 Å². The van der Waals surface area contributed by atoms with Gasteiger partial charge in [-0.05, 0) is 98.7 Å². The van der Waals surface area contributed by atoms with Crippen LogP contribution >= 0.6 is 0 Å². The van der Waals surface area contributed by atoms with Crippen LogP contribution in [0.4, 0.5) is 0 Å². The van der Waals surface area contributed by atoms with E-state index in [1.807, 2.05) is 13.8 Å². The smallest absolute Gasteiger partial charge is 0.311 e. The van der Waals surface area contributed by atoms with Crippen molar-refractivity contribution in [2.45, 2.75) is 129 Å². The molecule has 266 valence electrons. The largest absolute Gasteiger partial charge is 0.481 e. The molecule has 4 saturated carbocycles. The summed E-state index contributed by atoms with van der Waals surface area (Å²) in [6, 6.07) is 0. The highest BCUT2D eigenvalue weighted by Crippen LogP contribution is 2.76. The van der Waals surface area contributed by atoms with Crippen LogP contribution in [-0.4, -0.2) is 99.7 Å². The lowest BCUT2D eigenvalue weighted by molar-refractivity contribution is -0.328. The summed E-state index contributed by atoms with van der Waals surface area (Å²) in [4.78, 5) is 26.1. The van der Waals surface area contributed by atoms with E-state index in [4.69, 9.17) is 14.2 Å². The molecule has 0 radical (unpaired) electrons. The summed E-state index contributed by atoms with van der Waals surface area (Å²) in [5, 5.41) is 64.3. The summed E-state index contributed by atoms with van der Waals surface area (Å²) >= 11 is 0. The maximum Gasteiger partial charge on any atom is 0.311 e. The molecule has 6 rings (SSSR count). The second kappa shape index (κ2) is 11.5. The normalized spacial score (nSPS) is 54.2. The number of rotatable bonds is 5. The average Bonchev–Trinajstić information content (AvgIpc) is 3.02. The molecule has 0 bridgehead atoms. The molecule has 1 heterocycles. The number of methoxy groups -OCH3 is 1. The molecule has 15 atom stereocenters. The van der Waals surface area contributed by atoms with Gasteiger partial charge in [0, 0.05) is 5.41 Å². The van der Waals surface area contributed by atoms with Crippen LogP contribution in [-0.2, 0) is 23.8 Å². The number of aliphatic carboxylic acids is 1. The topological polar surface area (TPSA) is 183 Å². The van der Waals surface area contributed by atoms with Crippen molar-refractivity contribution in [1.29, 1.82) is 0 Å². The Morgan fingerprint density at radius 1 is 0.915 bits per heavy atom. The molecule has 0 spiro atoms. The van der Waals surface area contributed by atoms with Crippen LogP contribution in [0.25, 0.3) is 0 Å². The monoisotopic (exact) mass is 664 g/mol. The van der Waals surface area contributed by atoms with E-state index in [1.165, 1.54) is 7.11 Å². The SMILES string of the molecule is COC(=O)[C@@]1(C)CC[C@]2(C(=O)O)CC[C@]3(C)C(=CCC4[C@@]5(C)C[C@H](O)[C@H](O[C@@H]6OC[C@@H](O)[C@H](O)[C@H]6O)[C@@](C)(CO)C5CC[C@]43C)[C@@H]2C1. The average molecular weight is 665 g/mol. The van der Waals surface area contributed by atoms with Gasteiger partial charge in [-0.25, -0.2) is 0 Å². The van der Waals surface area contributed by atoms with E-state index in [-0.39, 0.29) is 47.8 Å². The Labute approximate surface area is 277 Å². The van der Waals surface area contributed by atoms with Gasteiger partial charge in [0.05, 0.1) is 43.4 Å². The van der Waals surface area contributed by atoms with Gasteiger partial charge in [0.15, 0.2) is 6.29 Å². The van der Waals surface area contributed by atoms with Crippen LogP contribution in [0.5, 0.6) is 0 Å². The third kappa shape index (κ3) is 4.69. The number of carbonyl (C=O) groups is 2. The van der Waals surface area contributed by atoms with E-state index in [9.17, 15) is 40.2 Å². The number of allylic oxidation sites excluding steroid dienone is 2. The van der Waals surface area contributed by atoms with Crippen molar-refractivity contribution in [3.63, 3.8) is 0 Å². The van der Waals surface area contributed by atoms with Crippen LogP contribution in [0.2, 0.25) is 0 Å². The van der Waals surface area contributed by atoms with Crippen molar-refractivity contribution >= 4 is 11.9 Å². The molecule has 1 aliphatic heterocycles. The van der Waals surface area contributed by atoms with Crippen LogP contribution in [0.1, 0.15) is 92.4 Å². The molecular formula is C36H56O11. The molecule has 0 amide bonds. The van der Waals surface area contributed by atoms with Gasteiger partial charge in [-0.15, -0.1) is 0 Å². The molecule has 0 aromatic rings. The summed E-state index contributed by atoms with van der Waals surface area (Å²) in [7, 11) is 1.40. The number of fused-ring (bicyclic) bond motifs is 7. The summed E-state index contributed by atoms with van der Waals surface area (Å²) in [6.07, 6.45) is 0.204. The van der Waals surface area contributed by atoms with Gasteiger partial charge in [0.1, 0.15) is 18.3 Å². The Morgan fingerprint density at radius 2 is 1.60 bits per heavy atom. The standard InChI is InChI=1S/C36H56O11/c1-31(30(44)45-6)11-13-36(29(42)43)14-12-34(4)19(20(36)15-31)7-8-24-32(2)16-21(38)27(47-28-26(41)25(40)22(39)17-46-28)33(3,18-37)23(32)9-10-35(24,34)5/h7,20-28,37-41H,8-18H2,1-6H3,(H,42,43)/t20-,21-,22+,23?,24?,25-,26+,27-,28-,31-,32-,33-,34+,35+,36-/m0/s1. The fourth-order valence-electron chi connectivity index (χ4n) is 12.3. The lowest BCUT2D eigenvalue weighted by atomic mass is 9.33. The van der Waals surface area contributed by atoms with E-state index in [1.54, 1.807) is 0 Å². The highest BCUT2D eigenvalue weighted by Gasteiger charge is 2.71. The van der Waals surface area contributed by atoms with Crippen LogP contribution in [0.15, 0.2) is 11.6 Å². The number of carboxylic acid groups (broad SMARTS) is 1. The first-order valence-corrected chi connectivity index (χ1v) is 17.5. The first kappa shape index (κ1) is 35.2. The fraction of sp³-hybridized carbons (Fsp3) is 0.889. The van der Waals surface area contributed by atoms with Gasteiger partial charge < -0.3 is 44.8 Å². The maximum atomic E-state index is 13.1. The molecule has 5 fully saturated rings. The zero-order chi connectivity index (χ0) is 34.5. The van der Waals surface area contributed by atoms with Crippen LogP contribution in [0.3, 0.4) is 0 Å². The van der Waals surface area contributed by atoms with Gasteiger partial charge in [0.25, 0.3) is 0 Å². The molecule has 5 aliphatic carbocycles. The molecule has 2 unspecified atom stereocenters. The van der Waals surface area contributed by atoms with Gasteiger partial charge in [0.2, 0.25) is 0 Å². The third-order valence-electron chi connectivity index (χ3n) is 15.3. The zero-order valence-corrected chi connectivity index (χ0v) is 28.8. The lowest BCUT2D eigenvalue weighted by Crippen LogP contribution is -2.69. The van der Waals surface area contributed by atoms with Crippen molar-refractivity contribution < 1.29 is 54.4 Å². The van der Waals surface area contributed by atoms with Crippen molar-refractivity contribution in [2.24, 2.45) is 50.2 Å². The van der Waals surface area contributed by atoms with Crippen LogP contribution in [0, 0.1) is 50.2 Å². The fourth-order valence-corrected chi connectivity index (χ4v) is 12.3. The number of esters is 1. The van der Waals surface area contributed by atoms with Gasteiger partial charge in [-0.2, -0.15) is 0 Å². The molecular weight excluding hydrogens is 608 g/mol. The maximum absolute atomic E-state index is 13.1. The Hall–Kier alpha value is -1.60. The predicted octanol–water partition coefficient (Wildman–Crippen LogP) is 2.79. The lowest BCUT2D eigenvalue weighted by Gasteiger charge is -2.71. The molecule has 6 aliphatic rings. The minimum Gasteiger partial charge on any atom is -0.481 e. The van der Waals surface area contributed by atoms with Crippen molar-refractivity contribution in [2.75, 3.05) is 20.3 Å². The summed E-state index contributed by atoms with van der Waals surface area (Å²) in [6.45, 7) is 10.2. The molecule has 1 saturated heterocycles. The molecule has 11 nitrogen and oxygen atoms in total. The number of carbonyl (C=O) groups excluding carboxylic acids is 1. The number of carboxylic acids is 1. The Morgan fingerprint density at radius 3 is 2.23 bits per heavy atom. The predicted molar refractivity (Wildman–Crippen MR) is 168 cm³/mol. The molecule has 0 aromatic heterocycles. The Bertz CT molecular complexity index is 1300. The Balaban J connectivity index is 1.35. The van der Waals surface area contributed by atoms with Gasteiger partial charge in [-0.3, -0.25) is 9.59 Å². The van der Waals surface area contributed by atoms with E-state index in [0.717, 1.165) is 24.8 Å². The molecule has 11 heteroatoms. The van der Waals surface area contributed by atoms with Crippen molar-refractivity contribution in [1.82, 2.24) is 0 Å². The van der Waals surface area contributed by atoms with Crippen LogP contribution < -0.4 is 0 Å². The molecule has 6 N–H and O–H groups in total. The minimum absolute atomic E-state index is 0.0553. The van der Waals surface area contributed by atoms with E-state index in [0.29, 0.717) is 38.5 Å². The zero-order valence-electron chi connectivity index (χ0n) is 28.8. The first-order chi connectivity index (χ1) is 21.9. The van der Waals surface area contributed by atoms with Gasteiger partial charge in [-0.1, -0.05) is 39.3 Å². The van der Waals surface area contributed by atoms with E-state index >= 15 is 0 Å². The Kier molecular flexibility index (Phi) is 8.60. The summed E-state index contributed by atoms with van der Waals surface area (Å²) in [5.41, 5.74) is -2.39. The number of hydrogen-bond acceptors (Lipinski definition) is 10. The minimum atomic E-state index is -1.51. The third-order valence-corrected chi connectivity index (χ3v) is 15.3. The second-order valence-electron chi connectivity index (χ2n) is 17.3. The number of hydrogen-bond donors (Lipinski definition) is 6. The van der Waals surface area contributed by atoms with E-state index in [2.05, 4.69) is 26.8 Å². The number of aliphatic hydroxyl groups is 5. The second-order valence-corrected chi connectivity index (χ2v) is 17.3. The van der Waals surface area contributed by atoms with Gasteiger partial charge >= 0.3 is 11.9 Å².